The molecule has 2 heterocycles. The Morgan fingerprint density at radius 1 is 1.00 bits per heavy atom. The summed E-state index contributed by atoms with van der Waals surface area (Å²) in [6, 6.07) is 22.6. The predicted octanol–water partition coefficient (Wildman–Crippen LogP) is 7.51. The number of fused-ring (bicyclic) bond motifs is 2. The van der Waals surface area contributed by atoms with Gasteiger partial charge in [-0.15, -0.1) is 0 Å². The number of H-pyrrole nitrogens is 1. The molecule has 0 radical (unpaired) electrons. The number of alkyl carbamates (subject to hydrolysis) is 1. The third kappa shape index (κ3) is 7.61. The normalized spacial score (nSPS) is 18.9. The van der Waals surface area contributed by atoms with Crippen LogP contribution in [0.15, 0.2) is 79.0 Å². The van der Waals surface area contributed by atoms with Crippen LogP contribution in [-0.4, -0.2) is 47.9 Å². The fourth-order valence-electron chi connectivity index (χ4n) is 7.20. The maximum Gasteiger partial charge on any atom is 0.408 e. The number of carbonyl (C=O) groups excluding carboxylic acids is 3. The molecule has 2 unspecified atom stereocenters. The predicted molar refractivity (Wildman–Crippen MR) is 186 cm³/mol. The Hall–Kier alpha value is -4.79. The number of esters is 2. The van der Waals surface area contributed by atoms with E-state index in [1.54, 1.807) is 20.8 Å². The molecule has 1 saturated carbocycles. The van der Waals surface area contributed by atoms with Crippen molar-refractivity contribution in [3.8, 4) is 5.75 Å². The number of amides is 1. The van der Waals surface area contributed by atoms with E-state index in [4.69, 9.17) is 18.9 Å². The van der Waals surface area contributed by atoms with Crippen molar-refractivity contribution >= 4 is 28.9 Å². The highest BCUT2D eigenvalue weighted by atomic mass is 16.6. The number of benzene rings is 3. The smallest absolute Gasteiger partial charge is 0.408 e. The van der Waals surface area contributed by atoms with Crippen LogP contribution in [0.25, 0.3) is 10.9 Å². The number of ether oxygens (including phenoxy) is 4. The number of hydrogen-bond donors (Lipinski definition) is 2. The first kappa shape index (κ1) is 34.1. The van der Waals surface area contributed by atoms with Crippen molar-refractivity contribution in [2.75, 3.05) is 13.2 Å². The van der Waals surface area contributed by atoms with Gasteiger partial charge in [0.25, 0.3) is 0 Å². The van der Waals surface area contributed by atoms with Gasteiger partial charge in [0, 0.05) is 35.0 Å². The molecule has 0 saturated heterocycles. The van der Waals surface area contributed by atoms with Gasteiger partial charge in [0.05, 0.1) is 18.6 Å². The molecule has 1 aliphatic heterocycles. The summed E-state index contributed by atoms with van der Waals surface area (Å²) >= 11 is 0. The van der Waals surface area contributed by atoms with Crippen LogP contribution in [0.3, 0.4) is 0 Å². The van der Waals surface area contributed by atoms with E-state index < -0.39 is 35.2 Å². The Morgan fingerprint density at radius 2 is 1.73 bits per heavy atom. The Labute approximate surface area is 287 Å². The molecule has 4 aromatic rings. The average molecular weight is 667 g/mol. The summed E-state index contributed by atoms with van der Waals surface area (Å²) in [4.78, 5) is 43.9. The summed E-state index contributed by atoms with van der Waals surface area (Å²) in [7, 11) is 0. The quantitative estimate of drug-likeness (QED) is 0.133. The van der Waals surface area contributed by atoms with E-state index in [-0.39, 0.29) is 18.3 Å². The maximum absolute atomic E-state index is 14.3. The zero-order valence-electron chi connectivity index (χ0n) is 28.8. The molecule has 49 heavy (non-hydrogen) atoms. The number of aromatic nitrogens is 1. The van der Waals surface area contributed by atoms with Crippen molar-refractivity contribution < 1.29 is 33.3 Å². The Balaban J connectivity index is 1.33. The molecule has 1 fully saturated rings. The topological polar surface area (TPSA) is 116 Å². The fraction of sp³-hybridized carbons (Fsp3) is 0.425. The van der Waals surface area contributed by atoms with E-state index in [0.29, 0.717) is 38.2 Å². The van der Waals surface area contributed by atoms with Gasteiger partial charge in [-0.05, 0) is 75.8 Å². The van der Waals surface area contributed by atoms with Crippen LogP contribution >= 0.6 is 0 Å². The van der Waals surface area contributed by atoms with Crippen LogP contribution in [0.4, 0.5) is 4.79 Å². The number of hydrogen-bond acceptors (Lipinski definition) is 7. The average Bonchev–Trinajstić information content (AvgIpc) is 3.74. The van der Waals surface area contributed by atoms with Crippen molar-refractivity contribution in [3.63, 3.8) is 0 Å². The van der Waals surface area contributed by atoms with Gasteiger partial charge in [-0.2, -0.15) is 0 Å². The minimum Gasteiger partial charge on any atom is -0.493 e. The van der Waals surface area contributed by atoms with E-state index in [2.05, 4.69) is 10.3 Å². The van der Waals surface area contributed by atoms with E-state index in [1.165, 1.54) is 0 Å². The summed E-state index contributed by atoms with van der Waals surface area (Å²) in [5, 5.41) is 3.76. The SMILES string of the molecule is CCOC(=O)C1(c2ccc3c(c2)OCC(Cc2ccccc2)C3OC(=O)[C@@H](Cc2c[nH]c3ccccc23)NC(=O)OC(C)(C)C)CCCC1. The standard InChI is InChI=1S/C40H46N2O7/c1-5-46-37(44)40(19-11-12-20-40)29-17-18-31-34(23-29)47-25-28(21-26-13-7-6-8-14-26)35(31)48-36(43)33(42-38(45)49-39(2,3)4)22-27-24-41-32-16-10-9-15-30(27)32/h6-10,13-18,23-24,28,33,35,41H,5,11-12,19-22,25H2,1-4H3,(H,42,45)/t28?,33-,35?/m1/s1. The van der Waals surface area contributed by atoms with Crippen LogP contribution in [0.1, 0.15) is 81.7 Å². The zero-order valence-corrected chi connectivity index (χ0v) is 28.8. The molecule has 258 valence electrons. The zero-order chi connectivity index (χ0) is 34.6. The van der Waals surface area contributed by atoms with Crippen molar-refractivity contribution in [2.45, 2.75) is 89.4 Å². The van der Waals surface area contributed by atoms with Gasteiger partial charge in [-0.25, -0.2) is 9.59 Å². The monoisotopic (exact) mass is 666 g/mol. The fourth-order valence-corrected chi connectivity index (χ4v) is 7.20. The van der Waals surface area contributed by atoms with Gasteiger partial charge in [0.1, 0.15) is 23.5 Å². The van der Waals surface area contributed by atoms with Crippen LogP contribution < -0.4 is 10.1 Å². The Bertz CT molecular complexity index is 1790. The van der Waals surface area contributed by atoms with Gasteiger partial charge in [-0.3, -0.25) is 4.79 Å². The molecule has 0 bridgehead atoms. The molecule has 1 aromatic heterocycles. The van der Waals surface area contributed by atoms with Gasteiger partial charge in [0.15, 0.2) is 0 Å². The molecule has 9 heteroatoms. The van der Waals surface area contributed by atoms with E-state index in [9.17, 15) is 14.4 Å². The molecule has 2 N–H and O–H groups in total. The second-order valence-electron chi connectivity index (χ2n) is 14.1. The van der Waals surface area contributed by atoms with E-state index in [0.717, 1.165) is 46.0 Å². The number of rotatable bonds is 10. The van der Waals surface area contributed by atoms with Crippen LogP contribution in [0, 0.1) is 5.92 Å². The highest BCUT2D eigenvalue weighted by Crippen LogP contribution is 2.47. The second-order valence-corrected chi connectivity index (χ2v) is 14.1. The second kappa shape index (κ2) is 14.4. The highest BCUT2D eigenvalue weighted by molar-refractivity contribution is 5.86. The first-order valence-corrected chi connectivity index (χ1v) is 17.3. The van der Waals surface area contributed by atoms with Crippen LogP contribution in [0.2, 0.25) is 0 Å². The van der Waals surface area contributed by atoms with E-state index >= 15 is 0 Å². The van der Waals surface area contributed by atoms with Crippen molar-refractivity contribution in [1.82, 2.24) is 10.3 Å². The molecular weight excluding hydrogens is 620 g/mol. The first-order valence-electron chi connectivity index (χ1n) is 17.3. The Morgan fingerprint density at radius 3 is 2.47 bits per heavy atom. The molecule has 6 rings (SSSR count). The summed E-state index contributed by atoms with van der Waals surface area (Å²) in [5.74, 6) is -0.398. The largest absolute Gasteiger partial charge is 0.493 e. The molecule has 3 atom stereocenters. The van der Waals surface area contributed by atoms with Gasteiger partial charge in [-0.1, -0.05) is 73.5 Å². The molecule has 2 aliphatic rings. The summed E-state index contributed by atoms with van der Waals surface area (Å²) in [6.45, 7) is 7.78. The minimum atomic E-state index is -1.03. The van der Waals surface area contributed by atoms with Gasteiger partial charge in [0.2, 0.25) is 0 Å². The van der Waals surface area contributed by atoms with Gasteiger partial charge >= 0.3 is 18.0 Å². The molecule has 9 nitrogen and oxygen atoms in total. The molecule has 0 spiro atoms. The van der Waals surface area contributed by atoms with Gasteiger partial charge < -0.3 is 29.2 Å². The summed E-state index contributed by atoms with van der Waals surface area (Å²) in [5.41, 5.74) is 3.00. The third-order valence-corrected chi connectivity index (χ3v) is 9.54. The van der Waals surface area contributed by atoms with Crippen molar-refractivity contribution in [2.24, 2.45) is 5.92 Å². The molecule has 1 aliphatic carbocycles. The number of aromatic amines is 1. The Kier molecular flexibility index (Phi) is 9.99. The lowest BCUT2D eigenvalue weighted by Gasteiger charge is -2.35. The summed E-state index contributed by atoms with van der Waals surface area (Å²) < 4.78 is 23.9. The molecular formula is C40H46N2O7. The highest BCUT2D eigenvalue weighted by Gasteiger charge is 2.45. The lowest BCUT2D eigenvalue weighted by Crippen LogP contribution is -2.46. The van der Waals surface area contributed by atoms with Crippen LogP contribution in [0.5, 0.6) is 5.75 Å². The number of para-hydroxylation sites is 1. The minimum absolute atomic E-state index is 0.197. The first-order chi connectivity index (χ1) is 23.6. The number of nitrogens with one attached hydrogen (secondary N) is 2. The third-order valence-electron chi connectivity index (χ3n) is 9.54. The van der Waals surface area contributed by atoms with E-state index in [1.807, 2.05) is 85.9 Å². The molecule has 3 aromatic carbocycles. The van der Waals surface area contributed by atoms with Crippen molar-refractivity contribution in [1.29, 1.82) is 0 Å². The maximum atomic E-state index is 14.3. The number of carbonyl (C=O) groups is 3. The lowest BCUT2D eigenvalue weighted by atomic mass is 9.77. The van der Waals surface area contributed by atoms with Crippen molar-refractivity contribution in [3.05, 3.63) is 101 Å². The lowest BCUT2D eigenvalue weighted by molar-refractivity contribution is -0.156. The van der Waals surface area contributed by atoms with Crippen LogP contribution in [-0.2, 0) is 42.1 Å². The summed E-state index contributed by atoms with van der Waals surface area (Å²) in [6.07, 6.45) is 4.61. The molecule has 1 amide bonds.